The van der Waals surface area contributed by atoms with Crippen LogP contribution in [-0.2, 0) is 4.74 Å². The fraction of sp³-hybridized carbons (Fsp3) is 0.600. The number of aromatic nitrogens is 1. The molecular weight excluding hydrogens is 268 g/mol. The van der Waals surface area contributed by atoms with Crippen LogP contribution in [0.1, 0.15) is 12.8 Å². The van der Waals surface area contributed by atoms with Crippen LogP contribution in [-0.4, -0.2) is 62.4 Å². The first-order valence-corrected chi connectivity index (χ1v) is 7.38. The molecule has 2 rings (SSSR count). The molecule has 2 heterocycles. The highest BCUT2D eigenvalue weighted by Gasteiger charge is 2.25. The minimum Gasteiger partial charge on any atom is -0.383 e. The average Bonchev–Trinajstić information content (AvgIpc) is 2.55. The zero-order chi connectivity index (χ0) is 15.1. The Hall–Kier alpha value is -1.82. The maximum absolute atomic E-state index is 12.0. The Kier molecular flexibility index (Phi) is 5.80. The molecule has 1 N–H and O–H groups in total. The minimum atomic E-state index is -0.0247. The van der Waals surface area contributed by atoms with Crippen molar-refractivity contribution in [1.82, 2.24) is 15.2 Å². The molecule has 1 aromatic heterocycles. The van der Waals surface area contributed by atoms with Gasteiger partial charge in [-0.25, -0.2) is 9.78 Å². The third kappa shape index (κ3) is 4.32. The van der Waals surface area contributed by atoms with Crippen molar-refractivity contribution in [2.45, 2.75) is 18.9 Å². The summed E-state index contributed by atoms with van der Waals surface area (Å²) in [5, 5.41) is 2.86. The maximum Gasteiger partial charge on any atom is 0.317 e. The summed E-state index contributed by atoms with van der Waals surface area (Å²) in [5.74, 6) is 1.02. The normalized spacial score (nSPS) is 15.8. The zero-order valence-corrected chi connectivity index (χ0v) is 12.8. The second-order valence-electron chi connectivity index (χ2n) is 5.24. The van der Waals surface area contributed by atoms with Crippen molar-refractivity contribution < 1.29 is 9.53 Å². The molecule has 0 radical (unpaired) electrons. The number of methoxy groups -OCH3 is 1. The largest absolute Gasteiger partial charge is 0.383 e. The van der Waals surface area contributed by atoms with Crippen LogP contribution in [0.25, 0.3) is 0 Å². The number of nitrogens with one attached hydrogen (secondary N) is 1. The lowest BCUT2D eigenvalue weighted by molar-refractivity contribution is 0.168. The first-order valence-electron chi connectivity index (χ1n) is 7.38. The third-order valence-corrected chi connectivity index (χ3v) is 3.89. The Morgan fingerprint density at radius 2 is 2.24 bits per heavy atom. The summed E-state index contributed by atoms with van der Waals surface area (Å²) in [6.07, 6.45) is 3.74. The molecule has 0 atom stereocenters. The van der Waals surface area contributed by atoms with Crippen molar-refractivity contribution in [3.05, 3.63) is 24.4 Å². The summed E-state index contributed by atoms with van der Waals surface area (Å²) in [4.78, 5) is 20.5. The summed E-state index contributed by atoms with van der Waals surface area (Å²) >= 11 is 0. The highest BCUT2D eigenvalue weighted by Crippen LogP contribution is 2.20. The number of carbonyl (C=O) groups excluding carboxylic acids is 1. The van der Waals surface area contributed by atoms with E-state index in [1.54, 1.807) is 7.11 Å². The lowest BCUT2D eigenvalue weighted by Crippen LogP contribution is -2.49. The molecule has 0 bridgehead atoms. The number of piperidine rings is 1. The number of ether oxygens (including phenoxy) is 1. The van der Waals surface area contributed by atoms with Crippen LogP contribution >= 0.6 is 0 Å². The molecule has 2 amide bonds. The molecule has 0 spiro atoms. The predicted molar refractivity (Wildman–Crippen MR) is 82.5 cm³/mol. The lowest BCUT2D eigenvalue weighted by atomic mass is 10.0. The Morgan fingerprint density at radius 1 is 1.48 bits per heavy atom. The SMILES string of the molecule is COCCNC(=O)N(C)C1CCN(c2ccccn2)CC1. The zero-order valence-electron chi connectivity index (χ0n) is 12.8. The Morgan fingerprint density at radius 3 is 2.86 bits per heavy atom. The number of hydrogen-bond donors (Lipinski definition) is 1. The second-order valence-corrected chi connectivity index (χ2v) is 5.24. The summed E-state index contributed by atoms with van der Waals surface area (Å²) in [5.41, 5.74) is 0. The van der Waals surface area contributed by atoms with Crippen LogP contribution in [0.5, 0.6) is 0 Å². The highest BCUT2D eigenvalue weighted by molar-refractivity contribution is 5.74. The monoisotopic (exact) mass is 292 g/mol. The molecule has 1 saturated heterocycles. The van der Waals surface area contributed by atoms with E-state index < -0.39 is 0 Å². The predicted octanol–water partition coefficient (Wildman–Crippen LogP) is 1.34. The van der Waals surface area contributed by atoms with Gasteiger partial charge in [0, 0.05) is 46.0 Å². The molecule has 1 aliphatic heterocycles. The van der Waals surface area contributed by atoms with Gasteiger partial charge in [0.1, 0.15) is 5.82 Å². The Balaban J connectivity index is 1.79. The molecular formula is C15H24N4O2. The number of carbonyl (C=O) groups is 1. The van der Waals surface area contributed by atoms with Gasteiger partial charge in [0.2, 0.25) is 0 Å². The van der Waals surface area contributed by atoms with Crippen LogP contribution < -0.4 is 10.2 Å². The summed E-state index contributed by atoms with van der Waals surface area (Å²) in [6.45, 7) is 2.94. The number of hydrogen-bond acceptors (Lipinski definition) is 4. The number of anilines is 1. The maximum atomic E-state index is 12.0. The van der Waals surface area contributed by atoms with E-state index in [9.17, 15) is 4.79 Å². The number of urea groups is 1. The van der Waals surface area contributed by atoms with Gasteiger partial charge in [-0.2, -0.15) is 0 Å². The van der Waals surface area contributed by atoms with Crippen LogP contribution in [0.15, 0.2) is 24.4 Å². The number of amides is 2. The Bertz CT molecular complexity index is 433. The molecule has 0 aromatic carbocycles. The van der Waals surface area contributed by atoms with Crippen LogP contribution in [0.4, 0.5) is 10.6 Å². The molecule has 0 unspecified atom stereocenters. The van der Waals surface area contributed by atoms with E-state index in [0.717, 1.165) is 31.7 Å². The highest BCUT2D eigenvalue weighted by atomic mass is 16.5. The first-order chi connectivity index (χ1) is 10.2. The van der Waals surface area contributed by atoms with Crippen molar-refractivity contribution in [1.29, 1.82) is 0 Å². The summed E-state index contributed by atoms with van der Waals surface area (Å²) < 4.78 is 4.93. The number of pyridine rings is 1. The van der Waals surface area contributed by atoms with Crippen molar-refractivity contribution in [3.63, 3.8) is 0 Å². The molecule has 0 saturated carbocycles. The van der Waals surface area contributed by atoms with Crippen molar-refractivity contribution in [2.24, 2.45) is 0 Å². The molecule has 1 aromatic rings. The van der Waals surface area contributed by atoms with Gasteiger partial charge in [0.15, 0.2) is 0 Å². The van der Waals surface area contributed by atoms with Crippen LogP contribution in [0.2, 0.25) is 0 Å². The van der Waals surface area contributed by atoms with Gasteiger partial charge in [-0.1, -0.05) is 6.07 Å². The third-order valence-electron chi connectivity index (χ3n) is 3.89. The van der Waals surface area contributed by atoms with Gasteiger partial charge in [-0.15, -0.1) is 0 Å². The molecule has 6 heteroatoms. The van der Waals surface area contributed by atoms with Gasteiger partial charge >= 0.3 is 6.03 Å². The Labute approximate surface area is 126 Å². The molecule has 1 aliphatic rings. The molecule has 1 fully saturated rings. The summed E-state index contributed by atoms with van der Waals surface area (Å²) in [6, 6.07) is 6.22. The van der Waals surface area contributed by atoms with E-state index in [2.05, 4.69) is 15.2 Å². The molecule has 116 valence electrons. The van der Waals surface area contributed by atoms with Gasteiger partial charge in [0.25, 0.3) is 0 Å². The molecule has 0 aliphatic carbocycles. The molecule has 21 heavy (non-hydrogen) atoms. The van der Waals surface area contributed by atoms with Crippen LogP contribution in [0, 0.1) is 0 Å². The fourth-order valence-electron chi connectivity index (χ4n) is 2.57. The lowest BCUT2D eigenvalue weighted by Gasteiger charge is -2.37. The number of nitrogens with zero attached hydrogens (tertiary/aromatic N) is 3. The summed E-state index contributed by atoms with van der Waals surface area (Å²) in [7, 11) is 3.49. The van der Waals surface area contributed by atoms with E-state index in [-0.39, 0.29) is 12.1 Å². The standard InChI is InChI=1S/C15H24N4O2/c1-18(15(20)17-9-12-21-2)13-6-10-19(11-7-13)14-5-3-4-8-16-14/h3-5,8,13H,6-7,9-12H2,1-2H3,(H,17,20). The van der Waals surface area contributed by atoms with Gasteiger partial charge in [-0.05, 0) is 25.0 Å². The molecule has 6 nitrogen and oxygen atoms in total. The smallest absolute Gasteiger partial charge is 0.317 e. The fourth-order valence-corrected chi connectivity index (χ4v) is 2.57. The van der Waals surface area contributed by atoms with Crippen LogP contribution in [0.3, 0.4) is 0 Å². The van der Waals surface area contributed by atoms with E-state index >= 15 is 0 Å². The van der Waals surface area contributed by atoms with E-state index in [4.69, 9.17) is 4.74 Å². The van der Waals surface area contributed by atoms with Crippen molar-refractivity contribution >= 4 is 11.8 Å². The quantitative estimate of drug-likeness (QED) is 0.832. The first kappa shape index (κ1) is 15.6. The average molecular weight is 292 g/mol. The second kappa shape index (κ2) is 7.83. The topological polar surface area (TPSA) is 57.7 Å². The van der Waals surface area contributed by atoms with E-state index in [0.29, 0.717) is 13.2 Å². The van der Waals surface area contributed by atoms with Crippen molar-refractivity contribution in [2.75, 3.05) is 45.3 Å². The van der Waals surface area contributed by atoms with Gasteiger partial charge in [-0.3, -0.25) is 0 Å². The number of rotatable bonds is 5. The van der Waals surface area contributed by atoms with E-state index in [1.807, 2.05) is 36.3 Å². The van der Waals surface area contributed by atoms with Crippen molar-refractivity contribution in [3.8, 4) is 0 Å². The van der Waals surface area contributed by atoms with E-state index in [1.165, 1.54) is 0 Å². The van der Waals surface area contributed by atoms with Gasteiger partial charge < -0.3 is 19.9 Å². The van der Waals surface area contributed by atoms with Gasteiger partial charge in [0.05, 0.1) is 6.61 Å². The minimum absolute atomic E-state index is 0.0247.